The van der Waals surface area contributed by atoms with Gasteiger partial charge in [0.2, 0.25) is 0 Å². The molecule has 1 saturated heterocycles. The van der Waals surface area contributed by atoms with Crippen molar-refractivity contribution >= 4 is 17.9 Å². The SMILES string of the molecule is CC(NC(=O)Nc1ccnn1C)C1(O)CN(C(=O)OC(C)(C)C)C1. The summed E-state index contributed by atoms with van der Waals surface area (Å²) in [5.41, 5.74) is -1.77. The van der Waals surface area contributed by atoms with E-state index in [4.69, 9.17) is 4.74 Å². The third kappa shape index (κ3) is 4.16. The Kier molecular flexibility index (Phi) is 4.75. The lowest BCUT2D eigenvalue weighted by Gasteiger charge is -2.49. The van der Waals surface area contributed by atoms with Crippen LogP contribution in [0, 0.1) is 0 Å². The number of ether oxygens (including phenoxy) is 1. The van der Waals surface area contributed by atoms with Gasteiger partial charge < -0.3 is 20.1 Å². The first-order valence-corrected chi connectivity index (χ1v) is 7.76. The normalized spacial score (nSPS) is 17.7. The first kappa shape index (κ1) is 18.1. The van der Waals surface area contributed by atoms with Gasteiger partial charge in [-0.25, -0.2) is 9.59 Å². The lowest BCUT2D eigenvalue weighted by molar-refractivity contribution is -0.112. The lowest BCUT2D eigenvalue weighted by atomic mass is 9.87. The van der Waals surface area contributed by atoms with Gasteiger partial charge >= 0.3 is 12.1 Å². The van der Waals surface area contributed by atoms with Crippen LogP contribution in [0.5, 0.6) is 0 Å². The second-order valence-corrected chi connectivity index (χ2v) is 7.10. The van der Waals surface area contributed by atoms with E-state index in [1.54, 1.807) is 47.0 Å². The molecular formula is C15H25N5O4. The smallest absolute Gasteiger partial charge is 0.410 e. The quantitative estimate of drug-likeness (QED) is 0.758. The molecule has 3 amide bonds. The van der Waals surface area contributed by atoms with Crippen molar-refractivity contribution in [1.29, 1.82) is 0 Å². The standard InChI is InChI=1S/C15H25N5O4/c1-10(17-12(21)18-11-6-7-16-19(11)5)15(23)8-20(9-15)13(22)24-14(2,3)4/h6-7,10,23H,8-9H2,1-5H3,(H2,17,18,21). The molecule has 9 heteroatoms. The molecule has 1 unspecified atom stereocenters. The molecule has 1 aromatic heterocycles. The van der Waals surface area contributed by atoms with Crippen LogP contribution < -0.4 is 10.6 Å². The first-order chi connectivity index (χ1) is 11.0. The molecule has 0 aromatic carbocycles. The second-order valence-electron chi connectivity index (χ2n) is 7.10. The summed E-state index contributed by atoms with van der Waals surface area (Å²) in [5.74, 6) is 0.538. The van der Waals surface area contributed by atoms with E-state index in [0.717, 1.165) is 0 Å². The molecule has 2 rings (SSSR count). The van der Waals surface area contributed by atoms with E-state index in [2.05, 4.69) is 15.7 Å². The summed E-state index contributed by atoms with van der Waals surface area (Å²) in [6.45, 7) is 7.25. The van der Waals surface area contributed by atoms with E-state index in [0.29, 0.717) is 5.82 Å². The molecule has 0 aliphatic carbocycles. The fourth-order valence-electron chi connectivity index (χ4n) is 2.32. The van der Waals surface area contributed by atoms with Gasteiger partial charge in [-0.05, 0) is 27.7 Å². The molecule has 0 saturated carbocycles. The number of hydrogen-bond donors (Lipinski definition) is 3. The number of β-amino-alcohol motifs (C(OH)–C–C–N with tert-alkyl or cyclic N) is 1. The summed E-state index contributed by atoms with van der Waals surface area (Å²) in [4.78, 5) is 25.3. The van der Waals surface area contributed by atoms with E-state index in [9.17, 15) is 14.7 Å². The number of carbonyl (C=O) groups is 2. The molecule has 0 spiro atoms. The number of aryl methyl sites for hydroxylation is 1. The van der Waals surface area contributed by atoms with E-state index in [1.807, 2.05) is 0 Å². The summed E-state index contributed by atoms with van der Waals surface area (Å²) in [7, 11) is 1.71. The Balaban J connectivity index is 1.83. The molecule has 0 radical (unpaired) electrons. The van der Waals surface area contributed by atoms with Crippen LogP contribution in [0.1, 0.15) is 27.7 Å². The Morgan fingerprint density at radius 2 is 2.04 bits per heavy atom. The average Bonchev–Trinajstić information content (AvgIpc) is 2.78. The number of nitrogens with zero attached hydrogens (tertiary/aromatic N) is 3. The third-order valence-corrected chi connectivity index (χ3v) is 3.80. The number of anilines is 1. The van der Waals surface area contributed by atoms with E-state index >= 15 is 0 Å². The Morgan fingerprint density at radius 3 is 2.54 bits per heavy atom. The van der Waals surface area contributed by atoms with Crippen LogP contribution in [-0.2, 0) is 11.8 Å². The molecule has 1 aromatic rings. The minimum absolute atomic E-state index is 0.106. The Labute approximate surface area is 141 Å². The highest BCUT2D eigenvalue weighted by Gasteiger charge is 2.49. The van der Waals surface area contributed by atoms with Crippen LogP contribution >= 0.6 is 0 Å². The van der Waals surface area contributed by atoms with E-state index in [-0.39, 0.29) is 13.1 Å². The molecule has 2 heterocycles. The molecule has 1 aliphatic heterocycles. The Bertz CT molecular complexity index is 616. The lowest BCUT2D eigenvalue weighted by Crippen LogP contribution is -2.71. The van der Waals surface area contributed by atoms with Crippen molar-refractivity contribution in [3.05, 3.63) is 12.3 Å². The van der Waals surface area contributed by atoms with Gasteiger partial charge in [0.1, 0.15) is 17.0 Å². The minimum Gasteiger partial charge on any atom is -0.444 e. The predicted molar refractivity (Wildman–Crippen MR) is 87.6 cm³/mol. The average molecular weight is 339 g/mol. The monoisotopic (exact) mass is 339 g/mol. The van der Waals surface area contributed by atoms with Crippen LogP contribution in [0.25, 0.3) is 0 Å². The van der Waals surface area contributed by atoms with Gasteiger partial charge in [-0.2, -0.15) is 5.10 Å². The Morgan fingerprint density at radius 1 is 1.42 bits per heavy atom. The number of aromatic nitrogens is 2. The van der Waals surface area contributed by atoms with Gasteiger partial charge in [-0.15, -0.1) is 0 Å². The van der Waals surface area contributed by atoms with Gasteiger partial charge in [0.25, 0.3) is 0 Å². The van der Waals surface area contributed by atoms with E-state index < -0.39 is 29.4 Å². The maximum atomic E-state index is 12.0. The number of aliphatic hydroxyl groups is 1. The highest BCUT2D eigenvalue weighted by molar-refractivity contribution is 5.88. The highest BCUT2D eigenvalue weighted by atomic mass is 16.6. The molecule has 0 bridgehead atoms. The molecule has 24 heavy (non-hydrogen) atoms. The van der Waals surface area contributed by atoms with Crippen LogP contribution in [0.2, 0.25) is 0 Å². The topological polar surface area (TPSA) is 109 Å². The third-order valence-electron chi connectivity index (χ3n) is 3.80. The second kappa shape index (κ2) is 6.31. The van der Waals surface area contributed by atoms with Crippen molar-refractivity contribution in [2.45, 2.75) is 44.9 Å². The molecule has 1 atom stereocenters. The van der Waals surface area contributed by atoms with Crippen molar-refractivity contribution in [2.24, 2.45) is 7.05 Å². The number of rotatable bonds is 3. The molecular weight excluding hydrogens is 314 g/mol. The number of nitrogens with one attached hydrogen (secondary N) is 2. The summed E-state index contributed by atoms with van der Waals surface area (Å²) < 4.78 is 6.77. The van der Waals surface area contributed by atoms with E-state index in [1.165, 1.54) is 9.58 Å². The zero-order valence-electron chi connectivity index (χ0n) is 14.7. The maximum Gasteiger partial charge on any atom is 0.410 e. The molecule has 3 N–H and O–H groups in total. The van der Waals surface area contributed by atoms with Crippen molar-refractivity contribution in [3.63, 3.8) is 0 Å². The fourth-order valence-corrected chi connectivity index (χ4v) is 2.32. The van der Waals surface area contributed by atoms with Gasteiger partial charge in [0.05, 0.1) is 25.3 Å². The van der Waals surface area contributed by atoms with Crippen molar-refractivity contribution < 1.29 is 19.4 Å². The number of urea groups is 1. The van der Waals surface area contributed by atoms with Gasteiger partial charge in [-0.1, -0.05) is 0 Å². The summed E-state index contributed by atoms with van der Waals surface area (Å²) in [6, 6.07) is 0.673. The van der Waals surface area contributed by atoms with Crippen LogP contribution in [-0.4, -0.2) is 62.2 Å². The van der Waals surface area contributed by atoms with Gasteiger partial charge in [0.15, 0.2) is 0 Å². The molecule has 9 nitrogen and oxygen atoms in total. The zero-order chi connectivity index (χ0) is 18.1. The van der Waals surface area contributed by atoms with Crippen molar-refractivity contribution in [3.8, 4) is 0 Å². The summed E-state index contributed by atoms with van der Waals surface area (Å²) >= 11 is 0. The Hall–Kier alpha value is -2.29. The fraction of sp³-hybridized carbons (Fsp3) is 0.667. The number of carbonyl (C=O) groups excluding carboxylic acids is 2. The van der Waals surface area contributed by atoms with Gasteiger partial charge in [0, 0.05) is 13.1 Å². The molecule has 134 valence electrons. The first-order valence-electron chi connectivity index (χ1n) is 7.76. The summed E-state index contributed by atoms with van der Waals surface area (Å²) in [6.07, 6.45) is 1.09. The van der Waals surface area contributed by atoms with Crippen LogP contribution in [0.3, 0.4) is 0 Å². The zero-order valence-corrected chi connectivity index (χ0v) is 14.7. The minimum atomic E-state index is -1.18. The molecule has 1 fully saturated rings. The summed E-state index contributed by atoms with van der Waals surface area (Å²) in [5, 5.41) is 19.8. The highest BCUT2D eigenvalue weighted by Crippen LogP contribution is 2.26. The van der Waals surface area contributed by atoms with Crippen LogP contribution in [0.4, 0.5) is 15.4 Å². The largest absolute Gasteiger partial charge is 0.444 e. The van der Waals surface area contributed by atoms with Gasteiger partial charge in [-0.3, -0.25) is 10.00 Å². The predicted octanol–water partition coefficient (Wildman–Crippen LogP) is 0.912. The molecule has 1 aliphatic rings. The maximum absolute atomic E-state index is 12.0. The van der Waals surface area contributed by atoms with Crippen LogP contribution in [0.15, 0.2) is 12.3 Å². The van der Waals surface area contributed by atoms with Crippen molar-refractivity contribution in [2.75, 3.05) is 18.4 Å². The number of hydrogen-bond acceptors (Lipinski definition) is 5. The van der Waals surface area contributed by atoms with Crippen molar-refractivity contribution in [1.82, 2.24) is 20.0 Å². The number of amides is 3. The number of likely N-dealkylation sites (tertiary alicyclic amines) is 1.